The molecule has 1 fully saturated rings. The molecule has 1 aliphatic heterocycles. The lowest BCUT2D eigenvalue weighted by Crippen LogP contribution is -2.34. The Morgan fingerprint density at radius 3 is 2.88 bits per heavy atom. The minimum Gasteiger partial charge on any atom is -0.465 e. The molecule has 24 heavy (non-hydrogen) atoms. The summed E-state index contributed by atoms with van der Waals surface area (Å²) in [7, 11) is 1.33. The predicted molar refractivity (Wildman–Crippen MR) is 94.2 cm³/mol. The Labute approximate surface area is 143 Å². The van der Waals surface area contributed by atoms with Crippen LogP contribution in [0, 0.1) is 11.8 Å². The predicted octanol–water partition coefficient (Wildman–Crippen LogP) is 2.57. The van der Waals surface area contributed by atoms with Gasteiger partial charge in [-0.2, -0.15) is 0 Å². The number of benzene rings is 1. The molecular formula is C18H27N3O3. The van der Waals surface area contributed by atoms with Crippen molar-refractivity contribution in [2.45, 2.75) is 20.3 Å². The van der Waals surface area contributed by atoms with Gasteiger partial charge in [0.1, 0.15) is 0 Å². The van der Waals surface area contributed by atoms with Gasteiger partial charge in [-0.3, -0.25) is 0 Å². The molecule has 0 bridgehead atoms. The maximum absolute atomic E-state index is 12.0. The van der Waals surface area contributed by atoms with E-state index in [1.54, 1.807) is 24.3 Å². The maximum atomic E-state index is 12.0. The van der Waals surface area contributed by atoms with Gasteiger partial charge in [0.15, 0.2) is 0 Å². The van der Waals surface area contributed by atoms with E-state index in [4.69, 9.17) is 0 Å². The molecule has 132 valence electrons. The number of hydrogen-bond donors (Lipinski definition) is 2. The van der Waals surface area contributed by atoms with Gasteiger partial charge >= 0.3 is 12.0 Å². The summed E-state index contributed by atoms with van der Waals surface area (Å²) in [6.45, 7) is 8.37. The Kier molecular flexibility index (Phi) is 6.61. The van der Waals surface area contributed by atoms with Crippen LogP contribution in [-0.4, -0.2) is 50.2 Å². The zero-order valence-electron chi connectivity index (χ0n) is 14.7. The number of amides is 2. The molecule has 0 aromatic heterocycles. The van der Waals surface area contributed by atoms with Crippen LogP contribution in [0.2, 0.25) is 0 Å². The van der Waals surface area contributed by atoms with Crippen molar-refractivity contribution in [2.24, 2.45) is 11.8 Å². The molecule has 1 aromatic rings. The smallest absolute Gasteiger partial charge is 0.337 e. The van der Waals surface area contributed by atoms with Gasteiger partial charge in [0, 0.05) is 25.3 Å². The lowest BCUT2D eigenvalue weighted by atomic mass is 10.1. The Hall–Kier alpha value is -2.08. The van der Waals surface area contributed by atoms with Crippen molar-refractivity contribution >= 4 is 17.7 Å². The standard InChI is InChI=1S/C18H27N3O3/c1-13(2)11-21-8-7-14(12-21)10-19-18(23)20-16-6-4-5-15(9-16)17(22)24-3/h4-6,9,13-14H,7-8,10-12H2,1-3H3,(H2,19,20,23)/t14-/m0/s1. The first-order valence-electron chi connectivity index (χ1n) is 8.43. The summed E-state index contributed by atoms with van der Waals surface area (Å²) in [5.74, 6) is 0.744. The lowest BCUT2D eigenvalue weighted by Gasteiger charge is -2.18. The van der Waals surface area contributed by atoms with Crippen molar-refractivity contribution in [3.05, 3.63) is 29.8 Å². The SMILES string of the molecule is COC(=O)c1cccc(NC(=O)NC[C@@H]2CCN(CC(C)C)C2)c1. The number of nitrogens with one attached hydrogen (secondary N) is 2. The number of ether oxygens (including phenoxy) is 1. The third kappa shape index (κ3) is 5.53. The minimum absolute atomic E-state index is 0.251. The van der Waals surface area contributed by atoms with Gasteiger partial charge in [0.2, 0.25) is 0 Å². The highest BCUT2D eigenvalue weighted by molar-refractivity contribution is 5.93. The zero-order chi connectivity index (χ0) is 17.5. The quantitative estimate of drug-likeness (QED) is 0.785. The topological polar surface area (TPSA) is 70.7 Å². The molecule has 0 unspecified atom stereocenters. The van der Waals surface area contributed by atoms with Gasteiger partial charge in [-0.1, -0.05) is 19.9 Å². The van der Waals surface area contributed by atoms with Crippen LogP contribution >= 0.6 is 0 Å². The van der Waals surface area contributed by atoms with Crippen LogP contribution in [0.4, 0.5) is 10.5 Å². The van der Waals surface area contributed by atoms with E-state index in [9.17, 15) is 9.59 Å². The molecular weight excluding hydrogens is 306 g/mol. The van der Waals surface area contributed by atoms with Crippen molar-refractivity contribution in [2.75, 3.05) is 38.6 Å². The molecule has 0 radical (unpaired) electrons. The number of rotatable bonds is 6. The summed E-state index contributed by atoms with van der Waals surface area (Å²) in [5.41, 5.74) is 0.985. The van der Waals surface area contributed by atoms with E-state index in [0.717, 1.165) is 26.1 Å². The van der Waals surface area contributed by atoms with Crippen molar-refractivity contribution in [3.8, 4) is 0 Å². The average molecular weight is 333 g/mol. The number of carbonyl (C=O) groups is 2. The van der Waals surface area contributed by atoms with E-state index in [1.807, 2.05) is 0 Å². The first-order valence-corrected chi connectivity index (χ1v) is 8.43. The zero-order valence-corrected chi connectivity index (χ0v) is 14.7. The highest BCUT2D eigenvalue weighted by atomic mass is 16.5. The summed E-state index contributed by atoms with van der Waals surface area (Å²) in [6.07, 6.45) is 1.12. The van der Waals surface area contributed by atoms with Crippen molar-refractivity contribution in [3.63, 3.8) is 0 Å². The highest BCUT2D eigenvalue weighted by Crippen LogP contribution is 2.17. The van der Waals surface area contributed by atoms with Crippen LogP contribution < -0.4 is 10.6 Å². The second kappa shape index (κ2) is 8.68. The second-order valence-corrected chi connectivity index (χ2v) is 6.72. The van der Waals surface area contributed by atoms with Crippen LogP contribution in [0.15, 0.2) is 24.3 Å². The van der Waals surface area contributed by atoms with Crippen LogP contribution in [0.25, 0.3) is 0 Å². The van der Waals surface area contributed by atoms with E-state index in [1.165, 1.54) is 7.11 Å². The Bertz CT molecular complexity index is 574. The number of esters is 1. The monoisotopic (exact) mass is 333 g/mol. The second-order valence-electron chi connectivity index (χ2n) is 6.72. The number of urea groups is 1. The largest absolute Gasteiger partial charge is 0.465 e. The summed E-state index contributed by atoms with van der Waals surface area (Å²) in [4.78, 5) is 26.0. The molecule has 0 saturated carbocycles. The molecule has 6 nitrogen and oxygen atoms in total. The maximum Gasteiger partial charge on any atom is 0.337 e. The van der Waals surface area contributed by atoms with Crippen molar-refractivity contribution in [1.29, 1.82) is 0 Å². The van der Waals surface area contributed by atoms with E-state index < -0.39 is 5.97 Å². The van der Waals surface area contributed by atoms with Gasteiger partial charge in [0.25, 0.3) is 0 Å². The summed E-state index contributed by atoms with van der Waals surface area (Å²) < 4.78 is 4.68. The highest BCUT2D eigenvalue weighted by Gasteiger charge is 2.23. The van der Waals surface area contributed by atoms with Crippen LogP contribution in [0.5, 0.6) is 0 Å². The fourth-order valence-electron chi connectivity index (χ4n) is 3.02. The van der Waals surface area contributed by atoms with E-state index in [0.29, 0.717) is 29.6 Å². The van der Waals surface area contributed by atoms with Gasteiger partial charge < -0.3 is 20.3 Å². The molecule has 1 aromatic carbocycles. The first-order chi connectivity index (χ1) is 11.5. The lowest BCUT2D eigenvalue weighted by molar-refractivity contribution is 0.0600. The van der Waals surface area contributed by atoms with Gasteiger partial charge in [-0.05, 0) is 43.0 Å². The average Bonchev–Trinajstić information content (AvgIpc) is 2.99. The van der Waals surface area contributed by atoms with Crippen LogP contribution in [-0.2, 0) is 4.74 Å². The fraction of sp³-hybridized carbons (Fsp3) is 0.556. The summed E-state index contributed by atoms with van der Waals surface area (Å²) in [6, 6.07) is 6.45. The van der Waals surface area contributed by atoms with E-state index >= 15 is 0 Å². The Balaban J connectivity index is 1.77. The summed E-state index contributed by atoms with van der Waals surface area (Å²) >= 11 is 0. The normalized spacial score (nSPS) is 17.8. The minimum atomic E-state index is -0.421. The molecule has 0 aliphatic carbocycles. The molecule has 1 saturated heterocycles. The molecule has 0 spiro atoms. The molecule has 6 heteroatoms. The van der Waals surface area contributed by atoms with Crippen LogP contribution in [0.3, 0.4) is 0 Å². The fourth-order valence-corrected chi connectivity index (χ4v) is 3.02. The number of nitrogens with zero attached hydrogens (tertiary/aromatic N) is 1. The van der Waals surface area contributed by atoms with Gasteiger partial charge in [-0.25, -0.2) is 9.59 Å². The number of anilines is 1. The third-order valence-corrected chi connectivity index (χ3v) is 4.09. The van der Waals surface area contributed by atoms with Crippen molar-refractivity contribution < 1.29 is 14.3 Å². The molecule has 2 amide bonds. The molecule has 1 aliphatic rings. The van der Waals surface area contributed by atoms with E-state index in [2.05, 4.69) is 34.1 Å². The van der Waals surface area contributed by atoms with Crippen LogP contribution in [0.1, 0.15) is 30.6 Å². The molecule has 1 atom stereocenters. The number of carbonyl (C=O) groups excluding carboxylic acids is 2. The van der Waals surface area contributed by atoms with E-state index in [-0.39, 0.29) is 6.03 Å². The van der Waals surface area contributed by atoms with Crippen molar-refractivity contribution in [1.82, 2.24) is 10.2 Å². The first kappa shape index (κ1) is 18.3. The van der Waals surface area contributed by atoms with Gasteiger partial charge in [0.05, 0.1) is 12.7 Å². The Morgan fingerprint density at radius 1 is 1.38 bits per heavy atom. The summed E-state index contributed by atoms with van der Waals surface area (Å²) in [5, 5.41) is 5.67. The molecule has 1 heterocycles. The number of methoxy groups -OCH3 is 1. The van der Waals surface area contributed by atoms with Gasteiger partial charge in [-0.15, -0.1) is 0 Å². The third-order valence-electron chi connectivity index (χ3n) is 4.09. The molecule has 2 N–H and O–H groups in total. The molecule has 2 rings (SSSR count). The Morgan fingerprint density at radius 2 is 2.17 bits per heavy atom. The number of hydrogen-bond acceptors (Lipinski definition) is 4. The number of likely N-dealkylation sites (tertiary alicyclic amines) is 1.